The molecule has 2 aliphatic rings. The number of nitrogens with zero attached hydrogens (tertiary/aromatic N) is 1. The number of piperidine rings is 1. The van der Waals surface area contributed by atoms with E-state index in [-0.39, 0.29) is 5.91 Å². The second-order valence-corrected chi connectivity index (χ2v) is 7.51. The Morgan fingerprint density at radius 2 is 1.68 bits per heavy atom. The lowest BCUT2D eigenvalue weighted by atomic mass is 9.92. The summed E-state index contributed by atoms with van der Waals surface area (Å²) < 4.78 is 0. The number of rotatable bonds is 2. The highest BCUT2D eigenvalue weighted by Gasteiger charge is 2.40. The molecule has 1 saturated heterocycles. The minimum atomic E-state index is -0.397. The molecule has 1 spiro atoms. The maximum Gasteiger partial charge on any atom is 0.256 e. The molecular weight excluding hydrogens is 357 g/mol. The van der Waals surface area contributed by atoms with Crippen molar-refractivity contribution < 1.29 is 4.79 Å². The predicted octanol–water partition coefficient (Wildman–Crippen LogP) is 4.14. The predicted molar refractivity (Wildman–Crippen MR) is 101 cm³/mol. The standard InChI is InChI=1S/C19H19Cl2N3O/c20-14-5-2-1-4-13(14)12-24-10-8-19(9-11-24)22-16-7-3-6-15(21)17(16)18(25)23-19/h1-7,22H,8-12H2,(H,23,25). The molecule has 130 valence electrons. The van der Waals surface area contributed by atoms with E-state index in [4.69, 9.17) is 23.2 Å². The van der Waals surface area contributed by atoms with Gasteiger partial charge in [-0.25, -0.2) is 0 Å². The number of amides is 1. The van der Waals surface area contributed by atoms with Gasteiger partial charge in [-0.15, -0.1) is 0 Å². The molecule has 2 aromatic rings. The van der Waals surface area contributed by atoms with Crippen LogP contribution < -0.4 is 10.6 Å². The zero-order valence-electron chi connectivity index (χ0n) is 13.7. The maximum atomic E-state index is 12.5. The highest BCUT2D eigenvalue weighted by molar-refractivity contribution is 6.34. The summed E-state index contributed by atoms with van der Waals surface area (Å²) in [6.45, 7) is 2.59. The first-order valence-corrected chi connectivity index (χ1v) is 9.17. The van der Waals surface area contributed by atoms with Crippen molar-refractivity contribution in [2.75, 3.05) is 18.4 Å². The lowest BCUT2D eigenvalue weighted by Crippen LogP contribution is -2.62. The number of hydrogen-bond donors (Lipinski definition) is 2. The van der Waals surface area contributed by atoms with Crippen LogP contribution in [0, 0.1) is 0 Å². The second kappa shape index (κ2) is 6.52. The van der Waals surface area contributed by atoms with Crippen molar-refractivity contribution in [3.8, 4) is 0 Å². The fourth-order valence-corrected chi connectivity index (χ4v) is 4.09. The highest BCUT2D eigenvalue weighted by atomic mass is 35.5. The van der Waals surface area contributed by atoms with Crippen LogP contribution in [0.1, 0.15) is 28.8 Å². The fourth-order valence-electron chi connectivity index (χ4n) is 3.64. The fraction of sp³-hybridized carbons (Fsp3) is 0.316. The molecule has 0 unspecified atom stereocenters. The van der Waals surface area contributed by atoms with Crippen LogP contribution >= 0.6 is 23.2 Å². The van der Waals surface area contributed by atoms with E-state index in [1.807, 2.05) is 30.3 Å². The monoisotopic (exact) mass is 375 g/mol. The molecule has 0 saturated carbocycles. The van der Waals surface area contributed by atoms with E-state index in [1.54, 1.807) is 6.07 Å². The molecule has 1 amide bonds. The van der Waals surface area contributed by atoms with Crippen LogP contribution in [0.5, 0.6) is 0 Å². The molecule has 1 fully saturated rings. The lowest BCUT2D eigenvalue weighted by molar-refractivity contribution is 0.0822. The van der Waals surface area contributed by atoms with Crippen LogP contribution in [0.4, 0.5) is 5.69 Å². The number of halogens is 2. The van der Waals surface area contributed by atoms with Gasteiger partial charge in [-0.2, -0.15) is 0 Å². The van der Waals surface area contributed by atoms with Gasteiger partial charge in [-0.1, -0.05) is 47.5 Å². The molecule has 2 N–H and O–H groups in total. The third-order valence-electron chi connectivity index (χ3n) is 5.03. The molecule has 0 aromatic heterocycles. The first-order chi connectivity index (χ1) is 12.1. The first-order valence-electron chi connectivity index (χ1n) is 8.41. The van der Waals surface area contributed by atoms with Gasteiger partial charge in [-0.3, -0.25) is 9.69 Å². The Morgan fingerprint density at radius 3 is 2.44 bits per heavy atom. The average Bonchev–Trinajstić information content (AvgIpc) is 2.59. The molecule has 0 radical (unpaired) electrons. The molecule has 6 heteroatoms. The Labute approximate surface area is 157 Å². The summed E-state index contributed by atoms with van der Waals surface area (Å²) in [5.74, 6) is -0.0982. The van der Waals surface area contributed by atoms with E-state index in [9.17, 15) is 4.79 Å². The third kappa shape index (κ3) is 3.22. The molecule has 2 heterocycles. The maximum absolute atomic E-state index is 12.5. The molecular formula is C19H19Cl2N3O. The Hall–Kier alpha value is -1.75. The van der Waals surface area contributed by atoms with E-state index in [0.29, 0.717) is 10.6 Å². The van der Waals surface area contributed by atoms with Gasteiger partial charge in [0.2, 0.25) is 0 Å². The van der Waals surface area contributed by atoms with Crippen molar-refractivity contribution in [1.82, 2.24) is 10.2 Å². The van der Waals surface area contributed by atoms with Crippen molar-refractivity contribution in [3.05, 3.63) is 63.6 Å². The quantitative estimate of drug-likeness (QED) is 0.828. The Kier molecular flexibility index (Phi) is 4.36. The molecule has 4 rings (SSSR count). The first kappa shape index (κ1) is 16.7. The van der Waals surface area contributed by atoms with Gasteiger partial charge >= 0.3 is 0 Å². The minimum Gasteiger partial charge on any atom is -0.362 e. The molecule has 0 atom stereocenters. The van der Waals surface area contributed by atoms with Crippen molar-refractivity contribution >= 4 is 34.8 Å². The number of benzene rings is 2. The summed E-state index contributed by atoms with van der Waals surface area (Å²) in [6.07, 6.45) is 1.66. The van der Waals surface area contributed by atoms with Gasteiger partial charge in [0.05, 0.1) is 16.3 Å². The number of fused-ring (bicyclic) bond motifs is 1. The highest BCUT2D eigenvalue weighted by Crippen LogP contribution is 2.34. The molecule has 25 heavy (non-hydrogen) atoms. The van der Waals surface area contributed by atoms with E-state index < -0.39 is 5.66 Å². The van der Waals surface area contributed by atoms with Crippen LogP contribution in [-0.2, 0) is 6.54 Å². The van der Waals surface area contributed by atoms with Gasteiger partial charge in [0, 0.05) is 37.5 Å². The summed E-state index contributed by atoms with van der Waals surface area (Å²) in [6, 6.07) is 13.5. The van der Waals surface area contributed by atoms with Gasteiger partial charge in [-0.05, 0) is 23.8 Å². The van der Waals surface area contributed by atoms with Crippen LogP contribution in [0.15, 0.2) is 42.5 Å². The molecule has 0 bridgehead atoms. The number of nitrogens with one attached hydrogen (secondary N) is 2. The van der Waals surface area contributed by atoms with Crippen molar-refractivity contribution in [1.29, 1.82) is 0 Å². The number of carbonyl (C=O) groups is 1. The average molecular weight is 376 g/mol. The smallest absolute Gasteiger partial charge is 0.256 e. The number of anilines is 1. The summed E-state index contributed by atoms with van der Waals surface area (Å²) in [5, 5.41) is 7.93. The van der Waals surface area contributed by atoms with Crippen LogP contribution in [0.2, 0.25) is 10.0 Å². The summed E-state index contributed by atoms with van der Waals surface area (Å²) in [4.78, 5) is 14.9. The summed E-state index contributed by atoms with van der Waals surface area (Å²) >= 11 is 12.4. The Bertz CT molecular complexity index is 816. The molecule has 4 nitrogen and oxygen atoms in total. The van der Waals surface area contributed by atoms with E-state index >= 15 is 0 Å². The minimum absolute atomic E-state index is 0.0982. The van der Waals surface area contributed by atoms with Crippen LogP contribution in [-0.4, -0.2) is 29.6 Å². The number of carbonyl (C=O) groups excluding carboxylic acids is 1. The molecule has 0 aliphatic carbocycles. The number of likely N-dealkylation sites (tertiary alicyclic amines) is 1. The van der Waals surface area contributed by atoms with Crippen LogP contribution in [0.25, 0.3) is 0 Å². The van der Waals surface area contributed by atoms with Gasteiger partial charge < -0.3 is 10.6 Å². The largest absolute Gasteiger partial charge is 0.362 e. The van der Waals surface area contributed by atoms with Crippen molar-refractivity contribution in [2.45, 2.75) is 25.0 Å². The summed E-state index contributed by atoms with van der Waals surface area (Å²) in [7, 11) is 0. The topological polar surface area (TPSA) is 44.4 Å². The third-order valence-corrected chi connectivity index (χ3v) is 5.71. The Morgan fingerprint density at radius 1 is 0.960 bits per heavy atom. The van der Waals surface area contributed by atoms with E-state index in [0.717, 1.165) is 48.7 Å². The van der Waals surface area contributed by atoms with E-state index in [1.165, 1.54) is 0 Å². The summed E-state index contributed by atoms with van der Waals surface area (Å²) in [5.41, 5.74) is 2.09. The lowest BCUT2D eigenvalue weighted by Gasteiger charge is -2.46. The normalized spacial score (nSPS) is 19.2. The van der Waals surface area contributed by atoms with Crippen molar-refractivity contribution in [2.24, 2.45) is 0 Å². The molecule has 2 aromatic carbocycles. The SMILES string of the molecule is O=C1NC2(CCN(Cc3ccccc3Cl)CC2)Nc2cccc(Cl)c21. The second-order valence-electron chi connectivity index (χ2n) is 6.69. The van der Waals surface area contributed by atoms with Crippen molar-refractivity contribution in [3.63, 3.8) is 0 Å². The van der Waals surface area contributed by atoms with Crippen LogP contribution in [0.3, 0.4) is 0 Å². The van der Waals surface area contributed by atoms with Gasteiger partial charge in [0.25, 0.3) is 5.91 Å². The van der Waals surface area contributed by atoms with E-state index in [2.05, 4.69) is 21.6 Å². The molecule has 2 aliphatic heterocycles. The van der Waals surface area contributed by atoms with Gasteiger partial charge in [0.1, 0.15) is 5.66 Å². The number of hydrogen-bond acceptors (Lipinski definition) is 3. The zero-order valence-corrected chi connectivity index (χ0v) is 15.2. The Balaban J connectivity index is 1.47. The zero-order chi connectivity index (χ0) is 17.4. The van der Waals surface area contributed by atoms with Gasteiger partial charge in [0.15, 0.2) is 0 Å².